The van der Waals surface area contributed by atoms with Crippen molar-refractivity contribution in [2.24, 2.45) is 0 Å². The third kappa shape index (κ3) is 3.56. The van der Waals surface area contributed by atoms with Gasteiger partial charge in [-0.25, -0.2) is 0 Å². The Morgan fingerprint density at radius 1 is 0.774 bits per heavy atom. The summed E-state index contributed by atoms with van der Waals surface area (Å²) >= 11 is 0. The fourth-order valence-electron chi connectivity index (χ4n) is 3.99. The number of benzene rings is 2. The summed E-state index contributed by atoms with van der Waals surface area (Å²) in [6.45, 7) is 0. The molecule has 9 heteroatoms. The SMILES string of the molecule is COc1cc(OC)c([C@@H]2[C@H](C(=O)O)c3cc(OC)c(OC)cc3C(=O)N2C)cc1OC. The summed E-state index contributed by atoms with van der Waals surface area (Å²) in [5.74, 6) is -0.683. The molecule has 0 fully saturated rings. The van der Waals surface area contributed by atoms with Gasteiger partial charge in [0.15, 0.2) is 23.0 Å². The lowest BCUT2D eigenvalue weighted by Crippen LogP contribution is -2.42. The second kappa shape index (κ2) is 8.63. The van der Waals surface area contributed by atoms with Crippen LogP contribution in [0.3, 0.4) is 0 Å². The van der Waals surface area contributed by atoms with E-state index in [0.717, 1.165) is 0 Å². The molecule has 1 N–H and O–H groups in total. The molecule has 0 unspecified atom stereocenters. The van der Waals surface area contributed by atoms with Crippen LogP contribution in [0.25, 0.3) is 0 Å². The van der Waals surface area contributed by atoms with Crippen LogP contribution in [0, 0.1) is 0 Å². The highest BCUT2D eigenvalue weighted by Gasteiger charge is 2.45. The Morgan fingerprint density at radius 2 is 1.23 bits per heavy atom. The predicted octanol–water partition coefficient (Wildman–Crippen LogP) is 2.72. The van der Waals surface area contributed by atoms with E-state index >= 15 is 0 Å². The van der Waals surface area contributed by atoms with Crippen LogP contribution in [0.4, 0.5) is 0 Å². The number of amides is 1. The molecular weight excluding hydrogens is 406 g/mol. The van der Waals surface area contributed by atoms with Gasteiger partial charge in [-0.15, -0.1) is 0 Å². The Labute approximate surface area is 180 Å². The highest BCUT2D eigenvalue weighted by molar-refractivity contribution is 6.01. The van der Waals surface area contributed by atoms with Crippen LogP contribution < -0.4 is 23.7 Å². The summed E-state index contributed by atoms with van der Waals surface area (Å²) in [6, 6.07) is 5.41. The summed E-state index contributed by atoms with van der Waals surface area (Å²) in [7, 11) is 8.89. The van der Waals surface area contributed by atoms with Crippen molar-refractivity contribution in [3.05, 3.63) is 41.0 Å². The normalized spacial score (nSPS) is 17.6. The minimum absolute atomic E-state index is 0.239. The number of carboxylic acid groups (broad SMARTS) is 1. The summed E-state index contributed by atoms with van der Waals surface area (Å²) in [5.41, 5.74) is 1.04. The van der Waals surface area contributed by atoms with Crippen molar-refractivity contribution in [3.8, 4) is 28.7 Å². The van der Waals surface area contributed by atoms with E-state index in [1.54, 1.807) is 19.2 Å². The zero-order chi connectivity index (χ0) is 22.9. The Hall–Kier alpha value is -3.62. The molecule has 0 aromatic heterocycles. The maximum absolute atomic E-state index is 13.3. The maximum atomic E-state index is 13.3. The van der Waals surface area contributed by atoms with E-state index in [4.69, 9.17) is 23.7 Å². The molecule has 1 aliphatic heterocycles. The van der Waals surface area contributed by atoms with Crippen molar-refractivity contribution in [2.45, 2.75) is 12.0 Å². The van der Waals surface area contributed by atoms with Gasteiger partial charge in [0.25, 0.3) is 5.91 Å². The smallest absolute Gasteiger partial charge is 0.313 e. The number of nitrogens with zero attached hydrogens (tertiary/aromatic N) is 1. The third-order valence-corrected chi connectivity index (χ3v) is 5.50. The summed E-state index contributed by atoms with van der Waals surface area (Å²) in [5, 5.41) is 10.2. The number of hydrogen-bond acceptors (Lipinski definition) is 7. The van der Waals surface area contributed by atoms with Gasteiger partial charge >= 0.3 is 5.97 Å². The molecule has 0 saturated heterocycles. The van der Waals surface area contributed by atoms with Gasteiger partial charge in [0.05, 0.1) is 41.6 Å². The Balaban J connectivity index is 2.30. The summed E-state index contributed by atoms with van der Waals surface area (Å²) in [4.78, 5) is 27.1. The van der Waals surface area contributed by atoms with E-state index in [2.05, 4.69) is 0 Å². The van der Waals surface area contributed by atoms with E-state index in [1.807, 2.05) is 0 Å². The van der Waals surface area contributed by atoms with Crippen molar-refractivity contribution in [3.63, 3.8) is 0 Å². The second-order valence-corrected chi connectivity index (χ2v) is 6.92. The molecular formula is C22H25NO8. The fourth-order valence-corrected chi connectivity index (χ4v) is 3.99. The van der Waals surface area contributed by atoms with Gasteiger partial charge in [-0.2, -0.15) is 0 Å². The lowest BCUT2D eigenvalue weighted by molar-refractivity contribution is -0.140. The van der Waals surface area contributed by atoms with Crippen molar-refractivity contribution >= 4 is 11.9 Å². The average molecular weight is 431 g/mol. The molecule has 2 aromatic carbocycles. The fraction of sp³-hybridized carbons (Fsp3) is 0.364. The van der Waals surface area contributed by atoms with Crippen LogP contribution in [0.15, 0.2) is 24.3 Å². The average Bonchev–Trinajstić information content (AvgIpc) is 2.79. The Morgan fingerprint density at radius 3 is 1.71 bits per heavy atom. The van der Waals surface area contributed by atoms with Gasteiger partial charge in [0, 0.05) is 24.2 Å². The molecule has 1 heterocycles. The largest absolute Gasteiger partial charge is 0.496 e. The number of likely N-dealkylation sites (N-methyl/N-ethyl adjacent to an activating group) is 1. The molecule has 0 spiro atoms. The number of carboxylic acids is 1. The van der Waals surface area contributed by atoms with Crippen LogP contribution in [0.2, 0.25) is 0 Å². The molecule has 2 aromatic rings. The van der Waals surface area contributed by atoms with Crippen molar-refractivity contribution in [2.75, 3.05) is 42.6 Å². The molecule has 2 atom stereocenters. The van der Waals surface area contributed by atoms with Gasteiger partial charge in [-0.1, -0.05) is 0 Å². The number of hydrogen-bond donors (Lipinski definition) is 1. The maximum Gasteiger partial charge on any atom is 0.313 e. The first-order valence-electron chi connectivity index (χ1n) is 9.38. The number of rotatable bonds is 7. The highest BCUT2D eigenvalue weighted by Crippen LogP contribution is 2.49. The standard InChI is InChI=1S/C22H25NO8/c1-23-20(13-9-17(30-5)18(31-6)10-14(13)27-2)19(22(25)26)11-7-15(28-3)16(29-4)8-12(11)21(23)24/h7-10,19-20H,1-6H3,(H,25,26)/t19-,20-/m1/s1. The number of ether oxygens (including phenoxy) is 5. The van der Waals surface area contributed by atoms with E-state index < -0.39 is 17.9 Å². The number of carbonyl (C=O) groups is 2. The first-order chi connectivity index (χ1) is 14.8. The number of fused-ring (bicyclic) bond motifs is 1. The van der Waals surface area contributed by atoms with Crippen LogP contribution in [-0.2, 0) is 4.79 Å². The van der Waals surface area contributed by atoms with E-state index in [1.165, 1.54) is 52.6 Å². The molecule has 31 heavy (non-hydrogen) atoms. The Bertz CT molecular complexity index is 1020. The minimum atomic E-state index is -1.10. The predicted molar refractivity (Wildman–Crippen MR) is 111 cm³/mol. The van der Waals surface area contributed by atoms with Crippen LogP contribution >= 0.6 is 0 Å². The zero-order valence-electron chi connectivity index (χ0n) is 18.2. The van der Waals surface area contributed by atoms with Crippen molar-refractivity contribution in [1.82, 2.24) is 4.90 Å². The summed E-state index contributed by atoms with van der Waals surface area (Å²) < 4.78 is 26.9. The molecule has 1 aliphatic rings. The molecule has 9 nitrogen and oxygen atoms in total. The van der Waals surface area contributed by atoms with Crippen molar-refractivity contribution < 1.29 is 38.4 Å². The number of methoxy groups -OCH3 is 5. The first kappa shape index (κ1) is 22.1. The molecule has 0 radical (unpaired) electrons. The Kier molecular flexibility index (Phi) is 6.14. The zero-order valence-corrected chi connectivity index (χ0v) is 18.2. The van der Waals surface area contributed by atoms with Gasteiger partial charge in [-0.05, 0) is 23.8 Å². The lowest BCUT2D eigenvalue weighted by atomic mass is 9.79. The van der Waals surface area contributed by atoms with E-state index in [-0.39, 0.29) is 11.5 Å². The summed E-state index contributed by atoms with van der Waals surface area (Å²) in [6.07, 6.45) is 0. The van der Waals surface area contributed by atoms with Crippen LogP contribution in [0.5, 0.6) is 28.7 Å². The molecule has 0 saturated carbocycles. The second-order valence-electron chi connectivity index (χ2n) is 6.92. The van der Waals surface area contributed by atoms with Gasteiger partial charge in [0.1, 0.15) is 11.7 Å². The van der Waals surface area contributed by atoms with Gasteiger partial charge < -0.3 is 33.7 Å². The quantitative estimate of drug-likeness (QED) is 0.714. The first-order valence-corrected chi connectivity index (χ1v) is 9.38. The van der Waals surface area contributed by atoms with E-state index in [9.17, 15) is 14.7 Å². The lowest BCUT2D eigenvalue weighted by Gasteiger charge is -2.39. The number of carbonyl (C=O) groups excluding carboxylic acids is 1. The number of aliphatic carboxylic acids is 1. The minimum Gasteiger partial charge on any atom is -0.496 e. The van der Waals surface area contributed by atoms with Crippen LogP contribution in [0.1, 0.15) is 33.4 Å². The molecule has 0 aliphatic carbocycles. The molecule has 1 amide bonds. The molecule has 3 rings (SSSR count). The van der Waals surface area contributed by atoms with Crippen LogP contribution in [-0.4, -0.2) is 64.5 Å². The van der Waals surface area contributed by atoms with Gasteiger partial charge in [0.2, 0.25) is 0 Å². The third-order valence-electron chi connectivity index (χ3n) is 5.50. The van der Waals surface area contributed by atoms with E-state index in [0.29, 0.717) is 39.9 Å². The molecule has 0 bridgehead atoms. The topological polar surface area (TPSA) is 104 Å². The van der Waals surface area contributed by atoms with Gasteiger partial charge in [-0.3, -0.25) is 9.59 Å². The monoisotopic (exact) mass is 431 g/mol. The molecule has 166 valence electrons. The van der Waals surface area contributed by atoms with Crippen molar-refractivity contribution in [1.29, 1.82) is 0 Å². The highest BCUT2D eigenvalue weighted by atomic mass is 16.5.